The maximum atomic E-state index is 4.30. The molecule has 0 nitrogen and oxygen atoms in total. The highest BCUT2D eigenvalue weighted by atomic mass is 32.1. The van der Waals surface area contributed by atoms with Gasteiger partial charge in [0, 0.05) is 0 Å². The molecule has 0 saturated heterocycles. The van der Waals surface area contributed by atoms with Crippen LogP contribution >= 0.6 is 12.6 Å². The van der Waals surface area contributed by atoms with Crippen molar-refractivity contribution in [3.63, 3.8) is 0 Å². The Morgan fingerprint density at radius 3 is 1.89 bits per heavy atom. The molecule has 1 heteroatoms. The summed E-state index contributed by atoms with van der Waals surface area (Å²) < 4.78 is 0. The Morgan fingerprint density at radius 1 is 1.22 bits per heavy atom. The first-order valence-electron chi connectivity index (χ1n) is 3.85. The van der Waals surface area contributed by atoms with E-state index in [4.69, 9.17) is 0 Å². The van der Waals surface area contributed by atoms with Crippen molar-refractivity contribution in [2.45, 2.75) is 26.7 Å². The third-order valence-electron chi connectivity index (χ3n) is 2.64. The fourth-order valence-corrected chi connectivity index (χ4v) is 2.06. The van der Waals surface area contributed by atoms with Crippen LogP contribution in [0.1, 0.15) is 26.7 Å². The molecule has 0 spiro atoms. The van der Waals surface area contributed by atoms with E-state index < -0.39 is 0 Å². The Bertz CT molecular complexity index is 80.6. The molecule has 0 aliphatic heterocycles. The average Bonchev–Trinajstić information content (AvgIpc) is 2.13. The first-order valence-corrected chi connectivity index (χ1v) is 4.48. The van der Waals surface area contributed by atoms with Crippen molar-refractivity contribution in [2.75, 3.05) is 5.75 Å². The van der Waals surface area contributed by atoms with Gasteiger partial charge in [-0.1, -0.05) is 13.8 Å². The molecular formula is C8H16S. The second-order valence-electron chi connectivity index (χ2n) is 3.47. The molecule has 54 valence electrons. The van der Waals surface area contributed by atoms with E-state index in [1.54, 1.807) is 0 Å². The summed E-state index contributed by atoms with van der Waals surface area (Å²) in [5, 5.41) is 0. The molecule has 2 atom stereocenters. The smallest absolute Gasteiger partial charge is 0.00693 e. The fourth-order valence-electron chi connectivity index (χ4n) is 1.76. The lowest BCUT2D eigenvalue weighted by Gasteiger charge is -2.04. The van der Waals surface area contributed by atoms with Crippen LogP contribution in [0.3, 0.4) is 0 Å². The van der Waals surface area contributed by atoms with Crippen LogP contribution in [-0.2, 0) is 0 Å². The van der Waals surface area contributed by atoms with E-state index in [0.717, 1.165) is 23.5 Å². The van der Waals surface area contributed by atoms with Gasteiger partial charge in [-0.2, -0.15) is 12.6 Å². The van der Waals surface area contributed by atoms with E-state index in [9.17, 15) is 0 Å². The topological polar surface area (TPSA) is 0 Å². The lowest BCUT2D eigenvalue weighted by Crippen LogP contribution is -1.95. The third-order valence-corrected chi connectivity index (χ3v) is 3.16. The Hall–Kier alpha value is 0.350. The van der Waals surface area contributed by atoms with Crippen LogP contribution < -0.4 is 0 Å². The normalized spacial score (nSPS) is 43.7. The summed E-state index contributed by atoms with van der Waals surface area (Å²) in [6, 6.07) is 0. The number of rotatable bonds is 1. The van der Waals surface area contributed by atoms with Crippen LogP contribution in [0.2, 0.25) is 0 Å². The van der Waals surface area contributed by atoms with Crippen LogP contribution in [0.25, 0.3) is 0 Å². The molecule has 0 aromatic carbocycles. The van der Waals surface area contributed by atoms with Crippen LogP contribution in [-0.4, -0.2) is 5.75 Å². The Balaban J connectivity index is 2.35. The van der Waals surface area contributed by atoms with Crippen molar-refractivity contribution < 1.29 is 0 Å². The van der Waals surface area contributed by atoms with Gasteiger partial charge in [-0.25, -0.2) is 0 Å². The summed E-state index contributed by atoms with van der Waals surface area (Å²) in [4.78, 5) is 0. The van der Waals surface area contributed by atoms with Gasteiger partial charge in [0.05, 0.1) is 0 Å². The predicted molar refractivity (Wildman–Crippen MR) is 44.9 cm³/mol. The Morgan fingerprint density at radius 2 is 1.67 bits per heavy atom. The largest absolute Gasteiger partial charge is 0.179 e. The van der Waals surface area contributed by atoms with E-state index in [2.05, 4.69) is 26.5 Å². The summed E-state index contributed by atoms with van der Waals surface area (Å²) >= 11 is 4.30. The van der Waals surface area contributed by atoms with E-state index >= 15 is 0 Å². The molecule has 0 amide bonds. The molecule has 1 saturated carbocycles. The van der Waals surface area contributed by atoms with Gasteiger partial charge >= 0.3 is 0 Å². The van der Waals surface area contributed by atoms with Crippen molar-refractivity contribution in [3.05, 3.63) is 0 Å². The molecular weight excluding hydrogens is 128 g/mol. The summed E-state index contributed by atoms with van der Waals surface area (Å²) in [7, 11) is 0. The van der Waals surface area contributed by atoms with Gasteiger partial charge in [-0.05, 0) is 36.3 Å². The summed E-state index contributed by atoms with van der Waals surface area (Å²) in [5.41, 5.74) is 0. The van der Waals surface area contributed by atoms with Crippen molar-refractivity contribution in [2.24, 2.45) is 17.8 Å². The molecule has 0 bridgehead atoms. The van der Waals surface area contributed by atoms with Crippen LogP contribution in [0.15, 0.2) is 0 Å². The number of hydrogen-bond acceptors (Lipinski definition) is 1. The van der Waals surface area contributed by atoms with E-state index in [1.165, 1.54) is 12.8 Å². The standard InChI is InChI=1S/C8H16S/c1-6-3-8(5-9)4-7(6)2/h6-9H,3-5H2,1-2H3. The van der Waals surface area contributed by atoms with Crippen LogP contribution in [0, 0.1) is 17.8 Å². The van der Waals surface area contributed by atoms with Gasteiger partial charge in [0.2, 0.25) is 0 Å². The Labute approximate surface area is 63.4 Å². The van der Waals surface area contributed by atoms with Gasteiger partial charge < -0.3 is 0 Å². The van der Waals surface area contributed by atoms with Crippen molar-refractivity contribution in [1.29, 1.82) is 0 Å². The highest BCUT2D eigenvalue weighted by molar-refractivity contribution is 7.80. The predicted octanol–water partition coefficient (Wildman–Crippen LogP) is 2.60. The summed E-state index contributed by atoms with van der Waals surface area (Å²) in [6.45, 7) is 4.71. The van der Waals surface area contributed by atoms with Crippen LogP contribution in [0.4, 0.5) is 0 Å². The molecule has 0 heterocycles. The third kappa shape index (κ3) is 1.64. The van der Waals surface area contributed by atoms with E-state index in [0.29, 0.717) is 0 Å². The summed E-state index contributed by atoms with van der Waals surface area (Å²) in [5.74, 6) is 3.90. The highest BCUT2D eigenvalue weighted by Crippen LogP contribution is 2.35. The van der Waals surface area contributed by atoms with Crippen molar-refractivity contribution in [1.82, 2.24) is 0 Å². The van der Waals surface area contributed by atoms with Gasteiger partial charge in [-0.3, -0.25) is 0 Å². The second-order valence-corrected chi connectivity index (χ2v) is 3.84. The average molecular weight is 144 g/mol. The molecule has 1 aliphatic rings. The molecule has 0 N–H and O–H groups in total. The summed E-state index contributed by atoms with van der Waals surface area (Å²) in [6.07, 6.45) is 2.81. The lowest BCUT2D eigenvalue weighted by atomic mass is 10.0. The zero-order chi connectivity index (χ0) is 6.85. The maximum absolute atomic E-state index is 4.30. The minimum atomic E-state index is 0.915. The van der Waals surface area contributed by atoms with Gasteiger partial charge in [0.15, 0.2) is 0 Å². The molecule has 1 aliphatic carbocycles. The Kier molecular flexibility index (Phi) is 2.45. The molecule has 0 radical (unpaired) electrons. The molecule has 0 aromatic rings. The van der Waals surface area contributed by atoms with Gasteiger partial charge in [0.25, 0.3) is 0 Å². The molecule has 2 unspecified atom stereocenters. The molecule has 0 aromatic heterocycles. The minimum Gasteiger partial charge on any atom is -0.179 e. The fraction of sp³-hybridized carbons (Fsp3) is 1.00. The maximum Gasteiger partial charge on any atom is -0.00693 e. The monoisotopic (exact) mass is 144 g/mol. The van der Waals surface area contributed by atoms with Crippen molar-refractivity contribution >= 4 is 12.6 Å². The van der Waals surface area contributed by atoms with E-state index in [-0.39, 0.29) is 0 Å². The SMILES string of the molecule is CC1CC(CS)CC1C. The number of thiol groups is 1. The van der Waals surface area contributed by atoms with Crippen molar-refractivity contribution in [3.8, 4) is 0 Å². The molecule has 9 heavy (non-hydrogen) atoms. The molecule has 1 rings (SSSR count). The minimum absolute atomic E-state index is 0.915. The first kappa shape index (κ1) is 7.46. The van der Waals surface area contributed by atoms with Crippen LogP contribution in [0.5, 0.6) is 0 Å². The zero-order valence-electron chi connectivity index (χ0n) is 6.30. The lowest BCUT2D eigenvalue weighted by molar-refractivity contribution is 0.457. The van der Waals surface area contributed by atoms with E-state index in [1.807, 2.05) is 0 Å². The zero-order valence-corrected chi connectivity index (χ0v) is 7.20. The van der Waals surface area contributed by atoms with Gasteiger partial charge in [0.1, 0.15) is 0 Å². The van der Waals surface area contributed by atoms with Gasteiger partial charge in [-0.15, -0.1) is 0 Å². The number of hydrogen-bond donors (Lipinski definition) is 1. The highest BCUT2D eigenvalue weighted by Gasteiger charge is 2.26. The first-order chi connectivity index (χ1) is 4.24. The molecule has 1 fully saturated rings. The quantitative estimate of drug-likeness (QED) is 0.537. The second kappa shape index (κ2) is 2.96.